The number of halogens is 1. The minimum absolute atomic E-state index is 0.201. The van der Waals surface area contributed by atoms with Gasteiger partial charge in [-0.2, -0.15) is 0 Å². The lowest BCUT2D eigenvalue weighted by atomic mass is 9.99. The zero-order valence-corrected chi connectivity index (χ0v) is 14.3. The van der Waals surface area contributed by atoms with Crippen LogP contribution in [0.25, 0.3) is 0 Å². The van der Waals surface area contributed by atoms with Crippen molar-refractivity contribution in [3.63, 3.8) is 0 Å². The summed E-state index contributed by atoms with van der Waals surface area (Å²) < 4.78 is 11.4. The topological polar surface area (TPSA) is 54.7 Å². The standard InChI is InChI=1S/C15H13BrN2O3S/c1-15(11-6-7-12(20-2)21-11)13(19)18(14(22)17-15)10-5-3-4-9(16)8-10/h3-8H,1-2H3,(H,17,22)/t15-/m0/s1. The first-order chi connectivity index (χ1) is 10.5. The highest BCUT2D eigenvalue weighted by molar-refractivity contribution is 9.10. The van der Waals surface area contributed by atoms with Crippen LogP contribution >= 0.6 is 28.1 Å². The number of thiocarbonyl (C=S) groups is 1. The summed E-state index contributed by atoms with van der Waals surface area (Å²) in [6.07, 6.45) is 0. The maximum Gasteiger partial charge on any atom is 0.284 e. The Hall–Kier alpha value is -1.86. The molecule has 114 valence electrons. The predicted octanol–water partition coefficient (Wildman–Crippen LogP) is 3.19. The zero-order chi connectivity index (χ0) is 15.9. The van der Waals surface area contributed by atoms with Crippen LogP contribution in [0.3, 0.4) is 0 Å². The van der Waals surface area contributed by atoms with Crippen LogP contribution in [0.5, 0.6) is 5.95 Å². The van der Waals surface area contributed by atoms with Crippen LogP contribution < -0.4 is 15.0 Å². The molecule has 1 aromatic heterocycles. The van der Waals surface area contributed by atoms with Crippen molar-refractivity contribution in [2.24, 2.45) is 0 Å². The van der Waals surface area contributed by atoms with E-state index in [2.05, 4.69) is 21.2 Å². The lowest BCUT2D eigenvalue weighted by Crippen LogP contribution is -2.40. The molecule has 1 amide bonds. The van der Waals surface area contributed by atoms with Gasteiger partial charge in [-0.25, -0.2) is 0 Å². The van der Waals surface area contributed by atoms with E-state index in [1.807, 2.05) is 24.3 Å². The van der Waals surface area contributed by atoms with Gasteiger partial charge in [-0.15, -0.1) is 0 Å². The zero-order valence-electron chi connectivity index (χ0n) is 11.9. The highest BCUT2D eigenvalue weighted by Crippen LogP contribution is 2.35. The van der Waals surface area contributed by atoms with Crippen LogP contribution in [0.4, 0.5) is 5.69 Å². The number of rotatable bonds is 3. The Balaban J connectivity index is 2.00. The number of nitrogens with zero attached hydrogens (tertiary/aromatic N) is 1. The van der Waals surface area contributed by atoms with Crippen LogP contribution in [0.15, 0.2) is 45.3 Å². The first-order valence-electron chi connectivity index (χ1n) is 6.52. The third kappa shape index (κ3) is 2.30. The summed E-state index contributed by atoms with van der Waals surface area (Å²) in [5.74, 6) is 0.597. The second-order valence-electron chi connectivity index (χ2n) is 5.00. The number of anilines is 1. The molecule has 1 N–H and O–H groups in total. The normalized spacial score (nSPS) is 21.1. The maximum atomic E-state index is 12.9. The van der Waals surface area contributed by atoms with Gasteiger partial charge < -0.3 is 14.5 Å². The molecule has 1 aliphatic rings. The average molecular weight is 381 g/mol. The summed E-state index contributed by atoms with van der Waals surface area (Å²) in [6.45, 7) is 1.73. The van der Waals surface area contributed by atoms with Crippen LogP contribution in [0.1, 0.15) is 12.7 Å². The molecule has 7 heteroatoms. The molecule has 2 heterocycles. The summed E-state index contributed by atoms with van der Waals surface area (Å²) in [7, 11) is 1.51. The van der Waals surface area contributed by atoms with Crippen molar-refractivity contribution < 1.29 is 13.9 Å². The molecule has 0 radical (unpaired) electrons. The number of amides is 1. The molecule has 3 rings (SSSR count). The van der Waals surface area contributed by atoms with Crippen molar-refractivity contribution in [1.29, 1.82) is 0 Å². The largest absolute Gasteiger partial charge is 0.468 e. The smallest absolute Gasteiger partial charge is 0.284 e. The Morgan fingerprint density at radius 1 is 1.36 bits per heavy atom. The predicted molar refractivity (Wildman–Crippen MR) is 90.0 cm³/mol. The molecule has 0 aliphatic carbocycles. The number of hydrogen-bond acceptors (Lipinski definition) is 4. The third-order valence-corrected chi connectivity index (χ3v) is 4.31. The molecule has 5 nitrogen and oxygen atoms in total. The SMILES string of the molecule is COc1ccc([C@]2(C)NC(=S)N(c3cccc(Br)c3)C2=O)o1. The first kappa shape index (κ1) is 15.1. The van der Waals surface area contributed by atoms with Crippen molar-refractivity contribution in [2.45, 2.75) is 12.5 Å². The molecule has 0 unspecified atom stereocenters. The molecule has 22 heavy (non-hydrogen) atoms. The molecule has 0 bridgehead atoms. The van der Waals surface area contributed by atoms with Gasteiger partial charge in [0.15, 0.2) is 10.7 Å². The van der Waals surface area contributed by atoms with Crippen LogP contribution in [0, 0.1) is 0 Å². The summed E-state index contributed by atoms with van der Waals surface area (Å²) in [6, 6.07) is 10.8. The van der Waals surface area contributed by atoms with E-state index in [0.717, 1.165) is 4.47 Å². The Bertz CT molecular complexity index is 761. The molecule has 1 fully saturated rings. The van der Waals surface area contributed by atoms with Crippen molar-refractivity contribution in [2.75, 3.05) is 12.0 Å². The summed E-state index contributed by atoms with van der Waals surface area (Å²) >= 11 is 8.73. The lowest BCUT2D eigenvalue weighted by molar-refractivity contribution is -0.122. The number of methoxy groups -OCH3 is 1. The number of furan rings is 1. The van der Waals surface area contributed by atoms with Gasteiger partial charge in [0.2, 0.25) is 0 Å². The summed E-state index contributed by atoms with van der Waals surface area (Å²) in [5.41, 5.74) is -0.366. The van der Waals surface area contributed by atoms with Crippen molar-refractivity contribution in [3.8, 4) is 5.95 Å². The second-order valence-corrected chi connectivity index (χ2v) is 6.30. The van der Waals surface area contributed by atoms with E-state index < -0.39 is 5.54 Å². The fourth-order valence-corrected chi connectivity index (χ4v) is 3.13. The van der Waals surface area contributed by atoms with Crippen molar-refractivity contribution in [1.82, 2.24) is 5.32 Å². The van der Waals surface area contributed by atoms with E-state index in [0.29, 0.717) is 22.5 Å². The molecule has 2 aromatic rings. The maximum absolute atomic E-state index is 12.9. The van der Waals surface area contributed by atoms with Gasteiger partial charge >= 0.3 is 0 Å². The minimum atomic E-state index is -1.06. The van der Waals surface area contributed by atoms with Gasteiger partial charge in [0.05, 0.1) is 12.8 Å². The van der Waals surface area contributed by atoms with E-state index in [9.17, 15) is 4.79 Å². The third-order valence-electron chi connectivity index (χ3n) is 3.53. The molecule has 1 saturated heterocycles. The van der Waals surface area contributed by atoms with E-state index in [4.69, 9.17) is 21.4 Å². The van der Waals surface area contributed by atoms with Gasteiger partial charge in [0, 0.05) is 10.5 Å². The fourth-order valence-electron chi connectivity index (χ4n) is 2.35. The van der Waals surface area contributed by atoms with Crippen LogP contribution in [0.2, 0.25) is 0 Å². The number of carbonyl (C=O) groups excluding carboxylic acids is 1. The fraction of sp³-hybridized carbons (Fsp3) is 0.200. The number of benzene rings is 1. The number of ether oxygens (including phenoxy) is 1. The Morgan fingerprint density at radius 2 is 2.14 bits per heavy atom. The Morgan fingerprint density at radius 3 is 2.77 bits per heavy atom. The quantitative estimate of drug-likeness (QED) is 0.828. The second kappa shape index (κ2) is 5.40. The van der Waals surface area contributed by atoms with Gasteiger partial charge in [-0.3, -0.25) is 9.69 Å². The van der Waals surface area contributed by atoms with E-state index in [1.165, 1.54) is 12.0 Å². The van der Waals surface area contributed by atoms with E-state index in [-0.39, 0.29) is 5.91 Å². The van der Waals surface area contributed by atoms with Gasteiger partial charge in [0.1, 0.15) is 5.76 Å². The molecule has 1 aliphatic heterocycles. The molecule has 0 saturated carbocycles. The lowest BCUT2D eigenvalue weighted by Gasteiger charge is -2.19. The molecule has 0 spiro atoms. The molecular formula is C15H13BrN2O3S. The van der Waals surface area contributed by atoms with Gasteiger partial charge in [-0.1, -0.05) is 22.0 Å². The molecular weight excluding hydrogens is 368 g/mol. The molecule has 1 atom stereocenters. The van der Waals surface area contributed by atoms with Gasteiger partial charge in [-0.05, 0) is 43.4 Å². The Labute approximate surface area is 141 Å². The minimum Gasteiger partial charge on any atom is -0.468 e. The van der Waals surface area contributed by atoms with E-state index in [1.54, 1.807) is 19.1 Å². The van der Waals surface area contributed by atoms with Crippen molar-refractivity contribution in [3.05, 3.63) is 46.6 Å². The molecule has 1 aromatic carbocycles. The number of carbonyl (C=O) groups is 1. The Kier molecular flexibility index (Phi) is 3.70. The highest BCUT2D eigenvalue weighted by atomic mass is 79.9. The van der Waals surface area contributed by atoms with Gasteiger partial charge in [0.25, 0.3) is 11.9 Å². The van der Waals surface area contributed by atoms with Crippen LogP contribution in [-0.4, -0.2) is 18.1 Å². The summed E-state index contributed by atoms with van der Waals surface area (Å²) in [4.78, 5) is 14.4. The average Bonchev–Trinajstić information content (AvgIpc) is 3.04. The van der Waals surface area contributed by atoms with Crippen molar-refractivity contribution >= 4 is 44.9 Å². The van der Waals surface area contributed by atoms with E-state index >= 15 is 0 Å². The highest BCUT2D eigenvalue weighted by Gasteiger charge is 2.50. The number of nitrogens with one attached hydrogen (secondary N) is 1. The van der Waals surface area contributed by atoms with Crippen LogP contribution in [-0.2, 0) is 10.3 Å². The monoisotopic (exact) mass is 380 g/mol. The first-order valence-corrected chi connectivity index (χ1v) is 7.72. The summed E-state index contributed by atoms with van der Waals surface area (Å²) in [5, 5.41) is 3.38. The number of hydrogen-bond donors (Lipinski definition) is 1.